The summed E-state index contributed by atoms with van der Waals surface area (Å²) in [5.41, 5.74) is 5.90. The molecule has 0 saturated carbocycles. The van der Waals surface area contributed by atoms with Gasteiger partial charge in [-0.05, 0) is 100 Å². The maximum Gasteiger partial charge on any atom is 0.321 e. The fourth-order valence-corrected chi connectivity index (χ4v) is 5.27. The second kappa shape index (κ2) is 10.7. The quantitative estimate of drug-likeness (QED) is 0.656. The molecule has 2 saturated heterocycles. The second-order valence-corrected chi connectivity index (χ2v) is 10.1. The molecule has 6 heteroatoms. The lowest BCUT2D eigenvalue weighted by Gasteiger charge is -2.37. The van der Waals surface area contributed by atoms with Crippen LogP contribution in [0.15, 0.2) is 36.4 Å². The molecule has 2 aliphatic heterocycles. The van der Waals surface area contributed by atoms with E-state index in [9.17, 15) is 4.79 Å². The number of aryl methyl sites for hydroxylation is 2. The minimum atomic E-state index is -0.0219. The lowest BCUT2D eigenvalue weighted by atomic mass is 9.88. The highest BCUT2D eigenvalue weighted by Gasteiger charge is 2.26. The number of carbonyl (C=O) groups excluding carboxylic acids is 1. The van der Waals surface area contributed by atoms with Crippen LogP contribution in [0.1, 0.15) is 49.3 Å². The Bertz CT molecular complexity index is 990. The molecule has 184 valence electrons. The Morgan fingerprint density at radius 2 is 1.68 bits per heavy atom. The first-order valence-electron chi connectivity index (χ1n) is 12.7. The van der Waals surface area contributed by atoms with Gasteiger partial charge in [-0.1, -0.05) is 12.1 Å². The van der Waals surface area contributed by atoms with E-state index in [4.69, 9.17) is 4.74 Å². The monoisotopic (exact) mass is 464 g/mol. The van der Waals surface area contributed by atoms with E-state index in [2.05, 4.69) is 67.1 Å². The van der Waals surface area contributed by atoms with Crippen molar-refractivity contribution in [1.29, 1.82) is 0 Å². The van der Waals surface area contributed by atoms with Gasteiger partial charge in [0, 0.05) is 43.6 Å². The van der Waals surface area contributed by atoms with Gasteiger partial charge in [-0.25, -0.2) is 4.79 Å². The van der Waals surface area contributed by atoms with Crippen molar-refractivity contribution in [3.05, 3.63) is 53.1 Å². The van der Waals surface area contributed by atoms with Crippen molar-refractivity contribution in [3.63, 3.8) is 0 Å². The molecule has 6 nitrogen and oxygen atoms in total. The number of piperidine rings is 1. The number of nitrogens with one attached hydrogen (secondary N) is 1. The summed E-state index contributed by atoms with van der Waals surface area (Å²) in [5.74, 6) is 1.38. The highest BCUT2D eigenvalue weighted by molar-refractivity contribution is 5.89. The highest BCUT2D eigenvalue weighted by atomic mass is 16.5. The summed E-state index contributed by atoms with van der Waals surface area (Å²) in [6.07, 6.45) is 2.23. The fraction of sp³-hybridized carbons (Fsp3) is 0.536. The molecule has 0 aromatic heterocycles. The molecule has 0 aliphatic carbocycles. The van der Waals surface area contributed by atoms with Crippen molar-refractivity contribution in [2.24, 2.45) is 0 Å². The molecule has 0 bridgehead atoms. The number of piperazine rings is 1. The summed E-state index contributed by atoms with van der Waals surface area (Å²) in [5, 5.41) is 3.15. The first kappa shape index (κ1) is 24.4. The van der Waals surface area contributed by atoms with Gasteiger partial charge in [0.15, 0.2) is 0 Å². The molecule has 2 amide bonds. The zero-order valence-electron chi connectivity index (χ0n) is 21.4. The zero-order chi connectivity index (χ0) is 24.2. The number of hydrogen-bond acceptors (Lipinski definition) is 4. The van der Waals surface area contributed by atoms with Crippen LogP contribution in [0.25, 0.3) is 0 Å². The predicted molar refractivity (Wildman–Crippen MR) is 140 cm³/mol. The summed E-state index contributed by atoms with van der Waals surface area (Å²) in [4.78, 5) is 19.9. The Morgan fingerprint density at radius 3 is 2.32 bits per heavy atom. The van der Waals surface area contributed by atoms with Crippen molar-refractivity contribution < 1.29 is 9.53 Å². The first-order valence-corrected chi connectivity index (χ1v) is 12.7. The van der Waals surface area contributed by atoms with E-state index in [-0.39, 0.29) is 6.03 Å². The molecule has 4 rings (SSSR count). The van der Waals surface area contributed by atoms with E-state index < -0.39 is 0 Å². The molecule has 2 aliphatic rings. The third-order valence-electron chi connectivity index (χ3n) is 7.45. The summed E-state index contributed by atoms with van der Waals surface area (Å²) in [6.45, 7) is 14.1. The van der Waals surface area contributed by atoms with Gasteiger partial charge >= 0.3 is 6.03 Å². The number of carbonyl (C=O) groups is 1. The average Bonchev–Trinajstić information content (AvgIpc) is 2.85. The van der Waals surface area contributed by atoms with E-state index in [1.165, 1.54) is 22.4 Å². The Labute approximate surface area is 204 Å². The molecular weight excluding hydrogens is 424 g/mol. The van der Waals surface area contributed by atoms with E-state index >= 15 is 0 Å². The van der Waals surface area contributed by atoms with Crippen molar-refractivity contribution in [3.8, 4) is 5.75 Å². The minimum Gasteiger partial charge on any atom is -0.496 e. The molecule has 0 spiro atoms. The lowest BCUT2D eigenvalue weighted by Crippen LogP contribution is -2.50. The topological polar surface area (TPSA) is 48.1 Å². The normalized spacial score (nSPS) is 17.8. The van der Waals surface area contributed by atoms with Crippen LogP contribution >= 0.6 is 0 Å². The number of methoxy groups -OCH3 is 1. The number of benzene rings is 2. The average molecular weight is 465 g/mol. The smallest absolute Gasteiger partial charge is 0.321 e. The largest absolute Gasteiger partial charge is 0.496 e. The van der Waals surface area contributed by atoms with E-state index in [1.54, 1.807) is 7.11 Å². The van der Waals surface area contributed by atoms with Crippen molar-refractivity contribution >= 4 is 17.4 Å². The third-order valence-corrected chi connectivity index (χ3v) is 7.45. The molecule has 0 unspecified atom stereocenters. The predicted octanol–water partition coefficient (Wildman–Crippen LogP) is 5.25. The van der Waals surface area contributed by atoms with Crippen molar-refractivity contribution in [1.82, 2.24) is 9.80 Å². The SMILES string of the molecule is COc1ccc(NC(=O)N2CCN(c3cc(C)ccc3C)CC2)cc1C1CCN(C(C)C)CC1. The van der Waals surface area contributed by atoms with E-state index in [0.29, 0.717) is 12.0 Å². The second-order valence-electron chi connectivity index (χ2n) is 10.1. The van der Waals surface area contributed by atoms with Crippen LogP contribution < -0.4 is 15.0 Å². The summed E-state index contributed by atoms with van der Waals surface area (Å²) in [7, 11) is 1.73. The van der Waals surface area contributed by atoms with E-state index in [1.807, 2.05) is 17.0 Å². The molecule has 0 radical (unpaired) electrons. The lowest BCUT2D eigenvalue weighted by molar-refractivity contribution is 0.171. The van der Waals surface area contributed by atoms with Crippen LogP contribution in [0.4, 0.5) is 16.2 Å². The van der Waals surface area contributed by atoms with Gasteiger partial charge in [-0.3, -0.25) is 0 Å². The van der Waals surface area contributed by atoms with Crippen LogP contribution in [0.5, 0.6) is 5.75 Å². The van der Waals surface area contributed by atoms with Gasteiger partial charge in [-0.2, -0.15) is 0 Å². The number of rotatable bonds is 5. The molecular formula is C28H40N4O2. The molecule has 34 heavy (non-hydrogen) atoms. The van der Waals surface area contributed by atoms with Crippen LogP contribution in [-0.4, -0.2) is 68.3 Å². The molecule has 2 aromatic carbocycles. The number of amides is 2. The number of nitrogens with zero attached hydrogens (tertiary/aromatic N) is 3. The Kier molecular flexibility index (Phi) is 7.67. The maximum absolute atomic E-state index is 13.1. The molecule has 0 atom stereocenters. The van der Waals surface area contributed by atoms with Crippen LogP contribution in [0, 0.1) is 13.8 Å². The zero-order valence-corrected chi connectivity index (χ0v) is 21.4. The molecule has 2 heterocycles. The van der Waals surface area contributed by atoms with Crippen LogP contribution in [0.2, 0.25) is 0 Å². The van der Waals surface area contributed by atoms with Gasteiger partial charge < -0.3 is 24.8 Å². The van der Waals surface area contributed by atoms with Gasteiger partial charge in [0.05, 0.1) is 7.11 Å². The molecule has 1 N–H and O–H groups in total. The van der Waals surface area contributed by atoms with Gasteiger partial charge in [-0.15, -0.1) is 0 Å². The first-order chi connectivity index (χ1) is 16.4. The van der Waals surface area contributed by atoms with Crippen molar-refractivity contribution in [2.45, 2.75) is 52.5 Å². The number of ether oxygens (including phenoxy) is 1. The number of anilines is 2. The van der Waals surface area contributed by atoms with Gasteiger partial charge in [0.1, 0.15) is 5.75 Å². The summed E-state index contributed by atoms with van der Waals surface area (Å²) >= 11 is 0. The number of likely N-dealkylation sites (tertiary alicyclic amines) is 1. The fourth-order valence-electron chi connectivity index (χ4n) is 5.27. The van der Waals surface area contributed by atoms with Crippen molar-refractivity contribution in [2.75, 3.05) is 56.6 Å². The molecule has 2 fully saturated rings. The van der Waals surface area contributed by atoms with Gasteiger partial charge in [0.2, 0.25) is 0 Å². The van der Waals surface area contributed by atoms with E-state index in [0.717, 1.165) is 63.5 Å². The maximum atomic E-state index is 13.1. The Morgan fingerprint density at radius 1 is 0.971 bits per heavy atom. The van der Waals surface area contributed by atoms with Crippen LogP contribution in [-0.2, 0) is 0 Å². The standard InChI is InChI=1S/C28H40N4O2/c1-20(2)30-12-10-23(11-13-30)25-19-24(8-9-27(25)34-5)29-28(33)32-16-14-31(15-17-32)26-18-21(3)6-7-22(26)4/h6-9,18-20,23H,10-17H2,1-5H3,(H,29,33). The van der Waals surface area contributed by atoms with Gasteiger partial charge in [0.25, 0.3) is 0 Å². The number of hydrogen-bond donors (Lipinski definition) is 1. The highest BCUT2D eigenvalue weighted by Crippen LogP contribution is 2.36. The van der Waals surface area contributed by atoms with Crippen LogP contribution in [0.3, 0.4) is 0 Å². The molecule has 2 aromatic rings. The minimum absolute atomic E-state index is 0.0219. The number of urea groups is 1. The summed E-state index contributed by atoms with van der Waals surface area (Å²) < 4.78 is 5.68. The summed E-state index contributed by atoms with van der Waals surface area (Å²) in [6, 6.07) is 13.2. The third kappa shape index (κ3) is 5.49. The Balaban J connectivity index is 1.38. The Hall–Kier alpha value is -2.73.